The number of hydrogen-bond acceptors (Lipinski definition) is 3. The fourth-order valence-corrected chi connectivity index (χ4v) is 3.30. The van der Waals surface area contributed by atoms with Crippen LogP contribution in [0.2, 0.25) is 0 Å². The number of nitrogens with two attached hydrogens (primary N) is 1. The van der Waals surface area contributed by atoms with Crippen LogP contribution in [0.1, 0.15) is 33.1 Å². The first kappa shape index (κ1) is 15.3. The predicted molar refractivity (Wildman–Crippen MR) is 77.4 cm³/mol. The predicted octanol–water partition coefficient (Wildman–Crippen LogP) is 2.71. The van der Waals surface area contributed by atoms with Gasteiger partial charge >= 0.3 is 0 Å². The van der Waals surface area contributed by atoms with Crippen LogP contribution in [0.3, 0.4) is 0 Å². The molecule has 0 bridgehead atoms. The Kier molecular flexibility index (Phi) is 4.34. The molecule has 0 amide bonds. The van der Waals surface area contributed by atoms with E-state index in [9.17, 15) is 12.8 Å². The molecule has 3 unspecified atom stereocenters. The molecule has 1 saturated carbocycles. The minimum atomic E-state index is -3.86. The van der Waals surface area contributed by atoms with Gasteiger partial charge in [0.25, 0.3) is 0 Å². The number of primary sulfonamides is 1. The van der Waals surface area contributed by atoms with Gasteiger partial charge in [-0.05, 0) is 36.5 Å². The topological polar surface area (TPSA) is 72.2 Å². The molecule has 0 heterocycles. The molecule has 6 heteroatoms. The second kappa shape index (κ2) is 5.69. The van der Waals surface area contributed by atoms with Crippen LogP contribution in [0.5, 0.6) is 0 Å². The summed E-state index contributed by atoms with van der Waals surface area (Å²) in [5, 5.41) is 8.18. The van der Waals surface area contributed by atoms with Crippen LogP contribution in [-0.4, -0.2) is 14.5 Å². The number of halogens is 1. The Morgan fingerprint density at radius 2 is 2.00 bits per heavy atom. The van der Waals surface area contributed by atoms with Crippen LogP contribution < -0.4 is 10.5 Å². The Balaban J connectivity index is 2.18. The van der Waals surface area contributed by atoms with Gasteiger partial charge in [0.15, 0.2) is 0 Å². The third-order valence-corrected chi connectivity index (χ3v) is 5.23. The number of anilines is 1. The van der Waals surface area contributed by atoms with E-state index in [0.29, 0.717) is 17.5 Å². The van der Waals surface area contributed by atoms with Gasteiger partial charge in [-0.3, -0.25) is 0 Å². The lowest BCUT2D eigenvalue weighted by Crippen LogP contribution is -2.35. The normalized spacial score (nSPS) is 27.3. The first-order chi connectivity index (χ1) is 9.29. The van der Waals surface area contributed by atoms with E-state index in [4.69, 9.17) is 5.14 Å². The van der Waals surface area contributed by atoms with Crippen LogP contribution >= 0.6 is 0 Å². The Bertz CT molecular complexity index is 589. The zero-order chi connectivity index (χ0) is 14.9. The second-order valence-corrected chi connectivity index (χ2v) is 7.27. The molecule has 0 aliphatic heterocycles. The molecule has 2 rings (SSSR count). The number of sulfonamides is 1. The van der Waals surface area contributed by atoms with Crippen molar-refractivity contribution >= 4 is 15.7 Å². The lowest BCUT2D eigenvalue weighted by Gasteiger charge is -2.35. The van der Waals surface area contributed by atoms with Crippen LogP contribution in [0.4, 0.5) is 10.1 Å². The van der Waals surface area contributed by atoms with Crippen molar-refractivity contribution in [3.05, 3.63) is 24.0 Å². The first-order valence-electron chi connectivity index (χ1n) is 6.88. The largest absolute Gasteiger partial charge is 0.380 e. The molecule has 1 aromatic carbocycles. The average molecular weight is 300 g/mol. The molecule has 20 heavy (non-hydrogen) atoms. The van der Waals surface area contributed by atoms with Gasteiger partial charge in [-0.15, -0.1) is 0 Å². The summed E-state index contributed by atoms with van der Waals surface area (Å²) in [6.07, 6.45) is 3.33. The lowest BCUT2D eigenvalue weighted by atomic mass is 9.78. The first-order valence-corrected chi connectivity index (χ1v) is 8.42. The van der Waals surface area contributed by atoms with Gasteiger partial charge in [-0.25, -0.2) is 17.9 Å². The van der Waals surface area contributed by atoms with E-state index in [0.717, 1.165) is 18.9 Å². The molecular formula is C14H21FN2O2S. The van der Waals surface area contributed by atoms with Gasteiger partial charge in [-0.1, -0.05) is 26.7 Å². The van der Waals surface area contributed by atoms with Crippen LogP contribution in [-0.2, 0) is 10.0 Å². The molecule has 1 aromatic rings. The molecular weight excluding hydrogens is 279 g/mol. The summed E-state index contributed by atoms with van der Waals surface area (Å²) < 4.78 is 36.3. The summed E-state index contributed by atoms with van der Waals surface area (Å²) in [5.41, 5.74) is 0.336. The molecule has 1 fully saturated rings. The van der Waals surface area contributed by atoms with E-state index < -0.39 is 15.8 Å². The van der Waals surface area contributed by atoms with E-state index in [1.165, 1.54) is 18.6 Å². The maximum Gasteiger partial charge on any atom is 0.238 e. The minimum Gasteiger partial charge on any atom is -0.380 e. The monoisotopic (exact) mass is 300 g/mol. The standard InChI is InChI=1S/C14H21FN2O2S/c1-9-4-3-5-13(10(9)2)17-14-7-6-11(8-12(14)15)20(16,18)19/h6-10,13,17H,3-5H2,1-2H3,(H2,16,18,19). The molecule has 0 saturated heterocycles. The number of rotatable bonds is 3. The Morgan fingerprint density at radius 3 is 2.60 bits per heavy atom. The maximum atomic E-state index is 14.0. The summed E-state index contributed by atoms with van der Waals surface area (Å²) in [7, 11) is -3.86. The van der Waals surface area contributed by atoms with Crippen molar-refractivity contribution in [2.75, 3.05) is 5.32 Å². The van der Waals surface area contributed by atoms with Gasteiger partial charge in [-0.2, -0.15) is 0 Å². The summed E-state index contributed by atoms with van der Waals surface area (Å²) in [6, 6.07) is 3.96. The number of nitrogens with one attached hydrogen (secondary N) is 1. The highest BCUT2D eigenvalue weighted by Crippen LogP contribution is 2.32. The van der Waals surface area contributed by atoms with E-state index >= 15 is 0 Å². The molecule has 1 aliphatic carbocycles. The zero-order valence-corrected chi connectivity index (χ0v) is 12.6. The smallest absolute Gasteiger partial charge is 0.238 e. The zero-order valence-electron chi connectivity index (χ0n) is 11.8. The van der Waals surface area contributed by atoms with Gasteiger partial charge < -0.3 is 5.32 Å². The van der Waals surface area contributed by atoms with Crippen LogP contribution in [0.25, 0.3) is 0 Å². The highest BCUT2D eigenvalue weighted by atomic mass is 32.2. The quantitative estimate of drug-likeness (QED) is 0.901. The van der Waals surface area contributed by atoms with Crippen molar-refractivity contribution in [1.82, 2.24) is 0 Å². The third-order valence-electron chi connectivity index (χ3n) is 4.32. The Hall–Kier alpha value is -1.14. The van der Waals surface area contributed by atoms with Crippen molar-refractivity contribution in [3.8, 4) is 0 Å². The van der Waals surface area contributed by atoms with Crippen molar-refractivity contribution in [2.45, 2.75) is 44.0 Å². The molecule has 4 nitrogen and oxygen atoms in total. The summed E-state index contributed by atoms with van der Waals surface area (Å²) in [6.45, 7) is 4.37. The van der Waals surface area contributed by atoms with Gasteiger partial charge in [0.05, 0.1) is 10.6 Å². The molecule has 0 aromatic heterocycles. The van der Waals surface area contributed by atoms with Crippen molar-refractivity contribution in [3.63, 3.8) is 0 Å². The molecule has 0 radical (unpaired) electrons. The van der Waals surface area contributed by atoms with Gasteiger partial charge in [0.2, 0.25) is 10.0 Å². The molecule has 1 aliphatic rings. The Morgan fingerprint density at radius 1 is 1.30 bits per heavy atom. The SMILES string of the molecule is CC1CCCC(Nc2ccc(S(N)(=O)=O)cc2F)C1C. The lowest BCUT2D eigenvalue weighted by molar-refractivity contribution is 0.253. The van der Waals surface area contributed by atoms with Crippen LogP contribution in [0.15, 0.2) is 23.1 Å². The van der Waals surface area contributed by atoms with E-state index in [1.807, 2.05) is 0 Å². The molecule has 112 valence electrons. The maximum absolute atomic E-state index is 14.0. The minimum absolute atomic E-state index is 0.203. The highest BCUT2D eigenvalue weighted by molar-refractivity contribution is 7.89. The fraction of sp³-hybridized carbons (Fsp3) is 0.571. The average Bonchev–Trinajstić information content (AvgIpc) is 2.36. The van der Waals surface area contributed by atoms with E-state index in [-0.39, 0.29) is 10.9 Å². The highest BCUT2D eigenvalue weighted by Gasteiger charge is 2.27. The summed E-state index contributed by atoms with van der Waals surface area (Å²) in [5.74, 6) is 0.482. The van der Waals surface area contributed by atoms with Crippen LogP contribution in [0, 0.1) is 17.7 Å². The summed E-state index contributed by atoms with van der Waals surface area (Å²) >= 11 is 0. The van der Waals surface area contributed by atoms with Crippen molar-refractivity contribution in [2.24, 2.45) is 17.0 Å². The fourth-order valence-electron chi connectivity index (χ4n) is 2.78. The summed E-state index contributed by atoms with van der Waals surface area (Å²) in [4.78, 5) is -0.203. The Labute approximate surface area is 119 Å². The molecule has 3 N–H and O–H groups in total. The second-order valence-electron chi connectivity index (χ2n) is 5.70. The number of hydrogen-bond donors (Lipinski definition) is 2. The molecule has 3 atom stereocenters. The van der Waals surface area contributed by atoms with Gasteiger partial charge in [0.1, 0.15) is 5.82 Å². The number of benzene rings is 1. The van der Waals surface area contributed by atoms with E-state index in [1.54, 1.807) is 0 Å². The molecule has 0 spiro atoms. The van der Waals surface area contributed by atoms with E-state index in [2.05, 4.69) is 19.2 Å². The van der Waals surface area contributed by atoms with Gasteiger partial charge in [0, 0.05) is 6.04 Å². The van der Waals surface area contributed by atoms with Crippen molar-refractivity contribution < 1.29 is 12.8 Å². The van der Waals surface area contributed by atoms with Crippen molar-refractivity contribution in [1.29, 1.82) is 0 Å². The third kappa shape index (κ3) is 3.30.